The van der Waals surface area contributed by atoms with E-state index in [0.29, 0.717) is 17.1 Å². The van der Waals surface area contributed by atoms with Crippen LogP contribution >= 0.6 is 11.6 Å². The van der Waals surface area contributed by atoms with Crippen LogP contribution in [0.2, 0.25) is 5.02 Å². The lowest BCUT2D eigenvalue weighted by Crippen LogP contribution is -2.27. The second kappa shape index (κ2) is 13.4. The highest BCUT2D eigenvalue weighted by Crippen LogP contribution is 2.43. The number of amides is 1. The molecule has 1 heterocycles. The number of phenolic OH excluding ortho intramolecular Hbond substituents is 1. The van der Waals surface area contributed by atoms with E-state index in [4.69, 9.17) is 21.1 Å². The highest BCUT2D eigenvalue weighted by atomic mass is 35.5. The van der Waals surface area contributed by atoms with Crippen molar-refractivity contribution in [1.29, 1.82) is 0 Å². The summed E-state index contributed by atoms with van der Waals surface area (Å²) >= 11 is 6.69. The zero-order valence-electron chi connectivity index (χ0n) is 25.1. The van der Waals surface area contributed by atoms with E-state index in [9.17, 15) is 14.3 Å². The largest absolute Gasteiger partial charge is 0.508 e. The number of hydrogen-bond acceptors (Lipinski definition) is 5. The van der Waals surface area contributed by atoms with Crippen LogP contribution in [0, 0.1) is 0 Å². The van der Waals surface area contributed by atoms with Crippen molar-refractivity contribution in [3.05, 3.63) is 87.9 Å². The van der Waals surface area contributed by atoms with Gasteiger partial charge in [-0.2, -0.15) is 0 Å². The number of allylic oxidation sites excluding steroid dienone is 1. The minimum atomic E-state index is -0.591. The minimum absolute atomic E-state index is 0.0885. The molecule has 0 bridgehead atoms. The number of carbonyl (C=O) groups excluding carboxylic acids is 1. The number of fused-ring (bicyclic) bond motifs is 1. The van der Waals surface area contributed by atoms with Crippen LogP contribution < -0.4 is 10.1 Å². The van der Waals surface area contributed by atoms with Gasteiger partial charge in [0.25, 0.3) is 0 Å². The molecule has 0 radical (unpaired) electrons. The van der Waals surface area contributed by atoms with Gasteiger partial charge in [-0.15, -0.1) is 0 Å². The molecule has 5 rings (SSSR count). The van der Waals surface area contributed by atoms with Crippen LogP contribution in [0.4, 0.5) is 14.9 Å². The van der Waals surface area contributed by atoms with Crippen LogP contribution in [0.1, 0.15) is 68.7 Å². The predicted molar refractivity (Wildman–Crippen MR) is 171 cm³/mol. The topological polar surface area (TPSA) is 71.0 Å². The van der Waals surface area contributed by atoms with Gasteiger partial charge in [0.15, 0.2) is 0 Å². The summed E-state index contributed by atoms with van der Waals surface area (Å²) in [5.74, 6) is 0.927. The monoisotopic (exact) mass is 606 g/mol. The SMILES string of the molecule is CC(C)(C)OC(=O)Nc1ccc2c(c1)CCCC(c1ccc(O)cc1Cl)=C2c1ccc(OC2CCN(CCCF)C2)cc1. The van der Waals surface area contributed by atoms with Gasteiger partial charge < -0.3 is 14.6 Å². The summed E-state index contributed by atoms with van der Waals surface area (Å²) in [7, 11) is 0. The number of rotatable bonds is 8. The first-order valence-electron chi connectivity index (χ1n) is 15.0. The fourth-order valence-corrected chi connectivity index (χ4v) is 6.20. The number of aryl methyl sites for hydroxylation is 1. The second-order valence-corrected chi connectivity index (χ2v) is 12.7. The number of ether oxygens (including phenoxy) is 2. The normalized spacial score (nSPS) is 17.4. The highest BCUT2D eigenvalue weighted by Gasteiger charge is 2.25. The van der Waals surface area contributed by atoms with Crippen LogP contribution in [-0.2, 0) is 11.2 Å². The Bertz CT molecular complexity index is 1480. The zero-order chi connectivity index (χ0) is 30.6. The van der Waals surface area contributed by atoms with Crippen molar-refractivity contribution in [3.63, 3.8) is 0 Å². The van der Waals surface area contributed by atoms with Crippen molar-refractivity contribution in [1.82, 2.24) is 4.90 Å². The van der Waals surface area contributed by atoms with Gasteiger partial charge in [-0.1, -0.05) is 29.8 Å². The summed E-state index contributed by atoms with van der Waals surface area (Å²) in [6.07, 6.45) is 3.59. The van der Waals surface area contributed by atoms with E-state index in [1.165, 1.54) is 0 Å². The summed E-state index contributed by atoms with van der Waals surface area (Å²) in [6, 6.07) is 19.3. The van der Waals surface area contributed by atoms with E-state index in [1.54, 1.807) is 12.1 Å². The fraction of sp³-hybridized carbons (Fsp3) is 0.400. The smallest absolute Gasteiger partial charge is 0.412 e. The molecule has 1 unspecified atom stereocenters. The maximum Gasteiger partial charge on any atom is 0.412 e. The molecule has 1 amide bonds. The van der Waals surface area contributed by atoms with Crippen LogP contribution in [0.3, 0.4) is 0 Å². The first-order chi connectivity index (χ1) is 20.6. The number of anilines is 1. The number of carbonyl (C=O) groups is 1. The predicted octanol–water partition coefficient (Wildman–Crippen LogP) is 8.50. The van der Waals surface area contributed by atoms with Gasteiger partial charge in [0, 0.05) is 25.3 Å². The van der Waals surface area contributed by atoms with Crippen LogP contribution in [0.5, 0.6) is 11.5 Å². The number of likely N-dealkylation sites (tertiary alicyclic amines) is 1. The fourth-order valence-electron chi connectivity index (χ4n) is 5.91. The van der Waals surface area contributed by atoms with Crippen molar-refractivity contribution in [2.75, 3.05) is 31.6 Å². The van der Waals surface area contributed by atoms with Crippen molar-refractivity contribution in [2.45, 2.75) is 64.6 Å². The molecular formula is C35H40ClFN2O4. The average Bonchev–Trinajstić information content (AvgIpc) is 3.30. The molecule has 6 nitrogen and oxygen atoms in total. The zero-order valence-corrected chi connectivity index (χ0v) is 25.8. The number of aromatic hydroxyl groups is 1. The van der Waals surface area contributed by atoms with E-state index < -0.39 is 11.7 Å². The van der Waals surface area contributed by atoms with Crippen molar-refractivity contribution in [3.8, 4) is 11.5 Å². The molecule has 0 saturated carbocycles. The molecule has 8 heteroatoms. The third kappa shape index (κ3) is 7.89. The molecule has 0 spiro atoms. The van der Waals surface area contributed by atoms with Crippen molar-refractivity contribution >= 4 is 34.5 Å². The molecule has 2 N–H and O–H groups in total. The molecule has 3 aromatic rings. The first kappa shape index (κ1) is 30.9. The average molecular weight is 607 g/mol. The number of hydrogen-bond donors (Lipinski definition) is 2. The van der Waals surface area contributed by atoms with Crippen LogP contribution in [0.25, 0.3) is 11.1 Å². The third-order valence-corrected chi connectivity index (χ3v) is 8.07. The lowest BCUT2D eigenvalue weighted by atomic mass is 9.87. The summed E-state index contributed by atoms with van der Waals surface area (Å²) in [6.45, 7) is 7.72. The van der Waals surface area contributed by atoms with Gasteiger partial charge in [0.1, 0.15) is 23.2 Å². The lowest BCUT2D eigenvalue weighted by molar-refractivity contribution is 0.0636. The number of halogens is 2. The van der Waals surface area contributed by atoms with E-state index in [-0.39, 0.29) is 18.5 Å². The summed E-state index contributed by atoms with van der Waals surface area (Å²) < 4.78 is 24.4. The lowest BCUT2D eigenvalue weighted by Gasteiger charge is -2.21. The van der Waals surface area contributed by atoms with Gasteiger partial charge in [0.2, 0.25) is 0 Å². The molecule has 43 heavy (non-hydrogen) atoms. The molecule has 3 aromatic carbocycles. The van der Waals surface area contributed by atoms with Crippen LogP contribution in [0.15, 0.2) is 60.7 Å². The molecule has 1 aliphatic carbocycles. The van der Waals surface area contributed by atoms with Gasteiger partial charge >= 0.3 is 6.09 Å². The summed E-state index contributed by atoms with van der Waals surface area (Å²) in [4.78, 5) is 14.7. The Morgan fingerprint density at radius 3 is 2.56 bits per heavy atom. The van der Waals surface area contributed by atoms with E-state index in [2.05, 4.69) is 22.3 Å². The maximum atomic E-state index is 12.6. The summed E-state index contributed by atoms with van der Waals surface area (Å²) in [5, 5.41) is 13.4. The molecule has 228 valence electrons. The number of benzene rings is 3. The molecule has 1 fully saturated rings. The highest BCUT2D eigenvalue weighted by molar-refractivity contribution is 6.33. The number of nitrogens with zero attached hydrogens (tertiary/aromatic N) is 1. The Hall–Kier alpha value is -3.55. The first-order valence-corrected chi connectivity index (χ1v) is 15.4. The Morgan fingerprint density at radius 1 is 1.07 bits per heavy atom. The molecule has 1 atom stereocenters. The Kier molecular flexibility index (Phi) is 9.62. The van der Waals surface area contributed by atoms with E-state index in [1.807, 2.05) is 57.2 Å². The number of phenols is 1. The molecule has 1 saturated heterocycles. The Morgan fingerprint density at radius 2 is 1.84 bits per heavy atom. The Labute approximate surface area is 258 Å². The quantitative estimate of drug-likeness (QED) is 0.269. The van der Waals surface area contributed by atoms with Crippen molar-refractivity contribution < 1.29 is 23.8 Å². The Balaban J connectivity index is 1.48. The molecule has 2 aliphatic rings. The standard InChI is InChI=1S/C35H40ClFN2O4/c1-35(2,3)43-34(41)38-25-10-14-29-24(20-25)6-4-7-31(30-15-11-26(40)21-32(30)36)33(29)23-8-12-27(13-9-23)42-28-16-19-39(22-28)18-5-17-37/h8-15,20-21,28,40H,4-7,16-19,22H2,1-3H3,(H,38,41). The summed E-state index contributed by atoms with van der Waals surface area (Å²) in [5.41, 5.74) is 6.35. The third-order valence-electron chi connectivity index (χ3n) is 7.76. The second-order valence-electron chi connectivity index (χ2n) is 12.3. The van der Waals surface area contributed by atoms with Crippen LogP contribution in [-0.4, -0.2) is 54.1 Å². The van der Waals surface area contributed by atoms with Crippen molar-refractivity contribution in [2.24, 2.45) is 0 Å². The van der Waals surface area contributed by atoms with Gasteiger partial charge in [-0.3, -0.25) is 14.6 Å². The van der Waals surface area contributed by atoms with E-state index >= 15 is 0 Å². The van der Waals surface area contributed by atoms with Gasteiger partial charge in [-0.25, -0.2) is 4.79 Å². The number of nitrogens with one attached hydrogen (secondary N) is 1. The molecule has 1 aliphatic heterocycles. The van der Waals surface area contributed by atoms with Gasteiger partial charge in [-0.05, 0) is 129 Å². The molecular weight excluding hydrogens is 567 g/mol. The molecule has 0 aromatic heterocycles. The minimum Gasteiger partial charge on any atom is -0.508 e. The maximum absolute atomic E-state index is 12.6. The van der Waals surface area contributed by atoms with E-state index in [0.717, 1.165) is 84.5 Å². The van der Waals surface area contributed by atoms with Gasteiger partial charge in [0.05, 0.1) is 11.7 Å². The number of alkyl halides is 1.